The van der Waals surface area contributed by atoms with Crippen LogP contribution < -0.4 is 18.9 Å². The van der Waals surface area contributed by atoms with E-state index in [0.717, 1.165) is 66.8 Å². The molecule has 24 nitrogen and oxygen atoms in total. The smallest absolute Gasteiger partial charge is 0.326 e. The Morgan fingerprint density at radius 2 is 0.414 bits per heavy atom. The standard InChI is InChI=1S/4C23H26O6/c4*1-26-19-11-9-17-10-12-20(29-15-16-7-5-4-6-8-16)23(21(24)27-2,22(25)28-3)14-18(17)13-19/h4*4-9,11,13,20H,10,12,14-15H2,1-3H3/t4*20-/m1100/s1. The summed E-state index contributed by atoms with van der Waals surface area (Å²) in [5.74, 6) is -2.58. The van der Waals surface area contributed by atoms with Gasteiger partial charge in [-0.3, -0.25) is 38.4 Å². The molecular weight excluding hydrogens is 1490 g/mol. The zero-order chi connectivity index (χ0) is 83.4. The maximum Gasteiger partial charge on any atom is 0.326 e. The second-order valence-corrected chi connectivity index (χ2v) is 28.4. The van der Waals surface area contributed by atoms with Crippen LogP contribution >= 0.6 is 0 Å². The summed E-state index contributed by atoms with van der Waals surface area (Å²) in [7, 11) is 16.5. The van der Waals surface area contributed by atoms with Gasteiger partial charge in [0.1, 0.15) is 23.0 Å². The van der Waals surface area contributed by atoms with Crippen molar-refractivity contribution < 1.29 is 114 Å². The first-order valence-electron chi connectivity index (χ1n) is 38.1. The maximum atomic E-state index is 13.0. The summed E-state index contributed by atoms with van der Waals surface area (Å²) < 4.78 is 86.6. The fourth-order valence-corrected chi connectivity index (χ4v) is 15.7. The first-order valence-corrected chi connectivity index (χ1v) is 38.1. The molecular formula is C92H104O24. The molecule has 8 aromatic rings. The summed E-state index contributed by atoms with van der Waals surface area (Å²) in [4.78, 5) is 104. The second-order valence-electron chi connectivity index (χ2n) is 28.4. The first kappa shape index (κ1) is 88.5. The Balaban J connectivity index is 0.000000177. The number of carbonyl (C=O) groups is 8. The van der Waals surface area contributed by atoms with Crippen molar-refractivity contribution in [3.8, 4) is 23.0 Å². The molecule has 0 aliphatic heterocycles. The number of hydrogen-bond donors (Lipinski definition) is 0. The quantitative estimate of drug-likeness (QED) is 0.0235. The molecule has 116 heavy (non-hydrogen) atoms. The Kier molecular flexibility index (Phi) is 32.2. The van der Waals surface area contributed by atoms with Crippen LogP contribution in [-0.4, -0.2) is 157 Å². The summed E-state index contributed by atoms with van der Waals surface area (Å²) >= 11 is 0. The number of fused-ring (bicyclic) bond motifs is 4. The molecule has 0 saturated carbocycles. The highest BCUT2D eigenvalue weighted by Crippen LogP contribution is 2.46. The van der Waals surface area contributed by atoms with E-state index in [0.29, 0.717) is 74.4 Å². The molecule has 4 atom stereocenters. The SMILES string of the molecule is COC(=O)C1(C(=O)OC)Cc2cc(OC)ccc2CC[C@@H]1OCc1ccccc1.COC(=O)C1(C(=O)OC)Cc2cc(OC)ccc2CC[C@@H]1OCc1ccccc1.COC(=O)C1(C(=O)OC)Cc2cc(OC)ccc2CC[C@H]1OCc1ccccc1.COC(=O)C1(C(=O)OC)Cc2cc(OC)ccc2CC[C@H]1OCc1ccccc1. The molecule has 0 fully saturated rings. The van der Waals surface area contributed by atoms with Crippen LogP contribution in [0.2, 0.25) is 0 Å². The van der Waals surface area contributed by atoms with Crippen LogP contribution in [0.4, 0.5) is 0 Å². The van der Waals surface area contributed by atoms with Crippen molar-refractivity contribution in [2.75, 3.05) is 85.3 Å². The molecule has 0 amide bonds. The molecule has 0 N–H and O–H groups in total. The minimum atomic E-state index is -1.59. The highest BCUT2D eigenvalue weighted by molar-refractivity contribution is 6.03. The van der Waals surface area contributed by atoms with Crippen LogP contribution in [0.25, 0.3) is 0 Å². The van der Waals surface area contributed by atoms with Crippen LogP contribution in [0, 0.1) is 21.7 Å². The molecule has 0 spiro atoms. The average molecular weight is 1590 g/mol. The van der Waals surface area contributed by atoms with Crippen molar-refractivity contribution in [1.29, 1.82) is 0 Å². The molecule has 4 aliphatic carbocycles. The van der Waals surface area contributed by atoms with E-state index in [1.807, 2.05) is 194 Å². The van der Waals surface area contributed by atoms with Gasteiger partial charge in [-0.05, 0) is 167 Å². The van der Waals surface area contributed by atoms with Gasteiger partial charge in [0.15, 0.2) is 21.7 Å². The van der Waals surface area contributed by atoms with E-state index in [9.17, 15) is 38.4 Å². The van der Waals surface area contributed by atoms with Gasteiger partial charge < -0.3 is 75.8 Å². The van der Waals surface area contributed by atoms with Crippen molar-refractivity contribution in [3.63, 3.8) is 0 Å². The molecule has 0 aromatic heterocycles. The van der Waals surface area contributed by atoms with Crippen molar-refractivity contribution >= 4 is 47.8 Å². The summed E-state index contributed by atoms with van der Waals surface area (Å²) in [6.07, 6.45) is 2.29. The maximum absolute atomic E-state index is 13.0. The number of ether oxygens (including phenoxy) is 16. The fraction of sp³-hybridized carbons (Fsp3) is 0.391. The Morgan fingerprint density at radius 1 is 0.241 bits per heavy atom. The lowest BCUT2D eigenvalue weighted by molar-refractivity contribution is -0.184. The van der Waals surface area contributed by atoms with Gasteiger partial charge in [0.25, 0.3) is 0 Å². The lowest BCUT2D eigenvalue weighted by atomic mass is 9.76. The lowest BCUT2D eigenvalue weighted by Crippen LogP contribution is -2.52. The summed E-state index contributed by atoms with van der Waals surface area (Å²) in [5, 5.41) is 0. The van der Waals surface area contributed by atoms with Gasteiger partial charge in [0, 0.05) is 25.7 Å². The number of carbonyl (C=O) groups excluding carboxylic acids is 8. The predicted octanol–water partition coefficient (Wildman–Crippen LogP) is 12.4. The van der Waals surface area contributed by atoms with Gasteiger partial charge in [0.05, 0.1) is 136 Å². The van der Waals surface area contributed by atoms with Crippen molar-refractivity contribution in [2.24, 2.45) is 21.7 Å². The van der Waals surface area contributed by atoms with Gasteiger partial charge in [-0.15, -0.1) is 0 Å². The van der Waals surface area contributed by atoms with Gasteiger partial charge in [-0.2, -0.15) is 0 Å². The number of esters is 8. The zero-order valence-corrected chi connectivity index (χ0v) is 67.9. The molecule has 0 unspecified atom stereocenters. The molecule has 0 radical (unpaired) electrons. The van der Waals surface area contributed by atoms with E-state index in [-0.39, 0.29) is 52.1 Å². The third-order valence-electron chi connectivity index (χ3n) is 22.0. The number of aryl methyl sites for hydroxylation is 4. The molecule has 4 aliphatic rings. The summed E-state index contributed by atoms with van der Waals surface area (Å²) in [6, 6.07) is 61.3. The Morgan fingerprint density at radius 3 is 0.569 bits per heavy atom. The van der Waals surface area contributed by atoms with Crippen molar-refractivity contribution in [1.82, 2.24) is 0 Å². The molecule has 24 heteroatoms. The molecule has 616 valence electrons. The molecule has 12 rings (SSSR count). The van der Waals surface area contributed by atoms with E-state index < -0.39 is 93.8 Å². The van der Waals surface area contributed by atoms with E-state index in [1.165, 1.54) is 56.9 Å². The van der Waals surface area contributed by atoms with Crippen molar-refractivity contribution in [3.05, 3.63) is 261 Å². The predicted molar refractivity (Wildman–Crippen MR) is 426 cm³/mol. The Labute approximate surface area is 677 Å². The highest BCUT2D eigenvalue weighted by atomic mass is 16.6. The largest absolute Gasteiger partial charge is 0.497 e. The van der Waals surface area contributed by atoms with Crippen LogP contribution in [0.1, 0.15) is 92.4 Å². The van der Waals surface area contributed by atoms with Crippen LogP contribution in [-0.2, 0) is 173 Å². The van der Waals surface area contributed by atoms with Crippen LogP contribution in [0.5, 0.6) is 23.0 Å². The van der Waals surface area contributed by atoms with E-state index in [2.05, 4.69) is 0 Å². The third kappa shape index (κ3) is 20.2. The normalized spacial score (nSPS) is 17.6. The van der Waals surface area contributed by atoms with E-state index in [1.54, 1.807) is 28.4 Å². The number of methoxy groups -OCH3 is 12. The van der Waals surface area contributed by atoms with Gasteiger partial charge in [-0.1, -0.05) is 146 Å². The minimum Gasteiger partial charge on any atom is -0.497 e. The second kappa shape index (κ2) is 42.3. The monoisotopic (exact) mass is 1590 g/mol. The van der Waals surface area contributed by atoms with Gasteiger partial charge >= 0.3 is 47.8 Å². The van der Waals surface area contributed by atoms with E-state index >= 15 is 0 Å². The topological polar surface area (TPSA) is 284 Å². The van der Waals surface area contributed by atoms with Crippen LogP contribution in [0.3, 0.4) is 0 Å². The molecule has 0 bridgehead atoms. The summed E-state index contributed by atoms with van der Waals surface area (Å²) in [5.41, 5.74) is 5.09. The zero-order valence-electron chi connectivity index (χ0n) is 67.9. The summed E-state index contributed by atoms with van der Waals surface area (Å²) in [6.45, 7) is 1.11. The molecule has 8 aromatic carbocycles. The number of hydrogen-bond acceptors (Lipinski definition) is 24. The van der Waals surface area contributed by atoms with Crippen LogP contribution in [0.15, 0.2) is 194 Å². The average Bonchev–Trinajstić information content (AvgIpc) is 1.57. The first-order chi connectivity index (χ1) is 56.2. The minimum absolute atomic E-state index is 0.123. The highest BCUT2D eigenvalue weighted by Gasteiger charge is 2.60. The fourth-order valence-electron chi connectivity index (χ4n) is 15.7. The number of rotatable bonds is 24. The van der Waals surface area contributed by atoms with Gasteiger partial charge in [0.2, 0.25) is 0 Å². The third-order valence-corrected chi connectivity index (χ3v) is 22.0. The van der Waals surface area contributed by atoms with Crippen molar-refractivity contribution in [2.45, 2.75) is 128 Å². The van der Waals surface area contributed by atoms with E-state index in [4.69, 9.17) is 75.8 Å². The Bertz CT molecular complexity index is 3960. The molecule has 0 saturated heterocycles. The lowest BCUT2D eigenvalue weighted by Gasteiger charge is -2.34. The molecule has 0 heterocycles. The number of benzene rings is 8. The Hall–Kier alpha value is -11.4. The van der Waals surface area contributed by atoms with Gasteiger partial charge in [-0.25, -0.2) is 0 Å².